The minimum absolute atomic E-state index is 0.0509. The third-order valence-electron chi connectivity index (χ3n) is 5.67. The van der Waals surface area contributed by atoms with Gasteiger partial charge < -0.3 is 9.80 Å². The largest absolute Gasteiger partial charge is 0.368 e. The molecular formula is C21H25ClN4O2. The first-order chi connectivity index (χ1) is 13.4. The minimum Gasteiger partial charge on any atom is -0.368 e. The van der Waals surface area contributed by atoms with Gasteiger partial charge in [0.1, 0.15) is 6.04 Å². The second kappa shape index (κ2) is 7.59. The number of amides is 1. The number of piperazine rings is 1. The van der Waals surface area contributed by atoms with Crippen LogP contribution in [0.1, 0.15) is 43.0 Å². The normalized spacial score (nSPS) is 18.2. The SMILES string of the molecule is Cc1ccc(Cl)cc1N1CCN(C(=O)C(C)n2nc(C3CC3)ccc2=O)CC1. The molecule has 6 nitrogen and oxygen atoms in total. The summed E-state index contributed by atoms with van der Waals surface area (Å²) in [6, 6.07) is 8.61. The van der Waals surface area contributed by atoms with Crippen LogP contribution >= 0.6 is 11.6 Å². The average molecular weight is 401 g/mol. The van der Waals surface area contributed by atoms with Crippen molar-refractivity contribution in [2.75, 3.05) is 31.1 Å². The average Bonchev–Trinajstić information content (AvgIpc) is 3.54. The maximum atomic E-state index is 13.0. The Kier molecular flexibility index (Phi) is 5.15. The maximum Gasteiger partial charge on any atom is 0.267 e. The maximum absolute atomic E-state index is 13.0. The van der Waals surface area contributed by atoms with Crippen LogP contribution in [0.5, 0.6) is 0 Å². The Morgan fingerprint density at radius 2 is 1.86 bits per heavy atom. The molecule has 1 aliphatic heterocycles. The van der Waals surface area contributed by atoms with Gasteiger partial charge in [0, 0.05) is 48.9 Å². The zero-order valence-electron chi connectivity index (χ0n) is 16.3. The van der Waals surface area contributed by atoms with Crippen molar-refractivity contribution in [3.05, 3.63) is 57.0 Å². The van der Waals surface area contributed by atoms with Gasteiger partial charge in [-0.25, -0.2) is 4.68 Å². The van der Waals surface area contributed by atoms with Crippen LogP contribution < -0.4 is 10.5 Å². The molecule has 1 aromatic heterocycles. The summed E-state index contributed by atoms with van der Waals surface area (Å²) in [5.41, 5.74) is 2.98. The van der Waals surface area contributed by atoms with E-state index in [2.05, 4.69) is 16.9 Å². The van der Waals surface area contributed by atoms with E-state index in [1.54, 1.807) is 13.0 Å². The van der Waals surface area contributed by atoms with Crippen molar-refractivity contribution >= 4 is 23.2 Å². The van der Waals surface area contributed by atoms with Crippen molar-refractivity contribution in [1.82, 2.24) is 14.7 Å². The molecule has 7 heteroatoms. The molecule has 1 unspecified atom stereocenters. The molecule has 0 radical (unpaired) electrons. The number of hydrogen-bond acceptors (Lipinski definition) is 4. The molecule has 2 fully saturated rings. The number of hydrogen-bond donors (Lipinski definition) is 0. The lowest BCUT2D eigenvalue weighted by molar-refractivity contribution is -0.135. The predicted octanol–water partition coefficient (Wildman–Crippen LogP) is 2.99. The lowest BCUT2D eigenvalue weighted by atomic mass is 10.1. The second-order valence-corrected chi connectivity index (χ2v) is 8.17. The van der Waals surface area contributed by atoms with Gasteiger partial charge in [-0.15, -0.1) is 0 Å². The molecule has 2 aromatic rings. The molecule has 1 saturated heterocycles. The van der Waals surface area contributed by atoms with Crippen LogP contribution in [0.2, 0.25) is 5.02 Å². The molecule has 28 heavy (non-hydrogen) atoms. The lowest BCUT2D eigenvalue weighted by Gasteiger charge is -2.37. The number of aromatic nitrogens is 2. The van der Waals surface area contributed by atoms with E-state index >= 15 is 0 Å². The first-order valence-electron chi connectivity index (χ1n) is 9.83. The predicted molar refractivity (Wildman–Crippen MR) is 110 cm³/mol. The quantitative estimate of drug-likeness (QED) is 0.791. The number of carbonyl (C=O) groups excluding carboxylic acids is 1. The minimum atomic E-state index is -0.592. The molecule has 1 saturated carbocycles. The molecule has 2 aliphatic rings. The van der Waals surface area contributed by atoms with E-state index < -0.39 is 6.04 Å². The number of anilines is 1. The number of carbonyl (C=O) groups is 1. The van der Waals surface area contributed by atoms with Gasteiger partial charge in [0.05, 0.1) is 5.69 Å². The van der Waals surface area contributed by atoms with E-state index in [0.29, 0.717) is 24.0 Å². The highest BCUT2D eigenvalue weighted by Crippen LogP contribution is 2.38. The standard InChI is InChI=1S/C21H25ClN4O2/c1-14-3-6-17(22)13-19(14)24-9-11-25(12-10-24)21(28)15(2)26-20(27)8-7-18(23-26)16-4-5-16/h3,6-8,13,15-16H,4-5,9-12H2,1-2H3. The van der Waals surface area contributed by atoms with Crippen molar-refractivity contribution < 1.29 is 4.79 Å². The molecule has 1 amide bonds. The third-order valence-corrected chi connectivity index (χ3v) is 5.90. The van der Waals surface area contributed by atoms with Crippen LogP contribution in [0.4, 0.5) is 5.69 Å². The first kappa shape index (κ1) is 19.0. The van der Waals surface area contributed by atoms with Gasteiger partial charge in [-0.05, 0) is 50.5 Å². The van der Waals surface area contributed by atoms with E-state index in [9.17, 15) is 9.59 Å². The van der Waals surface area contributed by atoms with Crippen LogP contribution in [-0.4, -0.2) is 46.8 Å². The molecule has 0 spiro atoms. The van der Waals surface area contributed by atoms with Crippen LogP contribution in [0.25, 0.3) is 0 Å². The lowest BCUT2D eigenvalue weighted by Crippen LogP contribution is -2.51. The summed E-state index contributed by atoms with van der Waals surface area (Å²) in [7, 11) is 0. The highest BCUT2D eigenvalue weighted by Gasteiger charge is 2.30. The fourth-order valence-corrected chi connectivity index (χ4v) is 3.94. The summed E-state index contributed by atoms with van der Waals surface area (Å²) < 4.78 is 1.35. The third kappa shape index (κ3) is 3.78. The van der Waals surface area contributed by atoms with E-state index in [-0.39, 0.29) is 11.5 Å². The van der Waals surface area contributed by atoms with Gasteiger partial charge in [0.15, 0.2) is 0 Å². The Morgan fingerprint density at radius 1 is 1.14 bits per heavy atom. The summed E-state index contributed by atoms with van der Waals surface area (Å²) in [4.78, 5) is 29.3. The van der Waals surface area contributed by atoms with Crippen molar-refractivity contribution in [3.63, 3.8) is 0 Å². The highest BCUT2D eigenvalue weighted by molar-refractivity contribution is 6.30. The molecule has 1 aliphatic carbocycles. The number of aryl methyl sites for hydroxylation is 1. The van der Waals surface area contributed by atoms with E-state index in [1.807, 2.05) is 23.1 Å². The van der Waals surface area contributed by atoms with Gasteiger partial charge in [-0.2, -0.15) is 5.10 Å². The van der Waals surface area contributed by atoms with Gasteiger partial charge >= 0.3 is 0 Å². The van der Waals surface area contributed by atoms with Crippen LogP contribution in [0, 0.1) is 6.92 Å². The fourth-order valence-electron chi connectivity index (χ4n) is 3.77. The summed E-state index contributed by atoms with van der Waals surface area (Å²) in [6.45, 7) is 6.55. The number of halogens is 1. The van der Waals surface area contributed by atoms with Crippen LogP contribution in [0.15, 0.2) is 35.1 Å². The smallest absolute Gasteiger partial charge is 0.267 e. The monoisotopic (exact) mass is 400 g/mol. The fraction of sp³-hybridized carbons (Fsp3) is 0.476. The van der Waals surface area contributed by atoms with Gasteiger partial charge in [0.25, 0.3) is 5.56 Å². The molecule has 1 atom stereocenters. The molecule has 2 heterocycles. The molecule has 148 valence electrons. The van der Waals surface area contributed by atoms with Gasteiger partial charge in [-0.1, -0.05) is 17.7 Å². The van der Waals surface area contributed by atoms with E-state index in [1.165, 1.54) is 16.3 Å². The van der Waals surface area contributed by atoms with Gasteiger partial charge in [-0.3, -0.25) is 9.59 Å². The van der Waals surface area contributed by atoms with Gasteiger partial charge in [0.2, 0.25) is 5.91 Å². The first-order valence-corrected chi connectivity index (χ1v) is 10.2. The summed E-state index contributed by atoms with van der Waals surface area (Å²) in [5.74, 6) is 0.392. The Labute approximate surface area is 169 Å². The van der Waals surface area contributed by atoms with Crippen molar-refractivity contribution in [3.8, 4) is 0 Å². The Hall–Kier alpha value is -2.34. The molecule has 0 bridgehead atoms. The Morgan fingerprint density at radius 3 is 2.54 bits per heavy atom. The number of rotatable bonds is 4. The van der Waals surface area contributed by atoms with Crippen molar-refractivity contribution in [1.29, 1.82) is 0 Å². The van der Waals surface area contributed by atoms with Crippen LogP contribution in [0.3, 0.4) is 0 Å². The molecular weight excluding hydrogens is 376 g/mol. The van der Waals surface area contributed by atoms with Crippen molar-refractivity contribution in [2.45, 2.75) is 38.6 Å². The van der Waals surface area contributed by atoms with E-state index in [4.69, 9.17) is 11.6 Å². The number of benzene rings is 1. The Balaban J connectivity index is 1.44. The Bertz CT molecular complexity index is 946. The molecule has 0 N–H and O–H groups in total. The topological polar surface area (TPSA) is 58.4 Å². The highest BCUT2D eigenvalue weighted by atomic mass is 35.5. The summed E-state index contributed by atoms with van der Waals surface area (Å²) >= 11 is 6.15. The number of nitrogens with zero attached hydrogens (tertiary/aromatic N) is 4. The summed E-state index contributed by atoms with van der Waals surface area (Å²) in [5, 5.41) is 5.18. The zero-order valence-corrected chi connectivity index (χ0v) is 17.0. The molecule has 4 rings (SSSR count). The van der Waals surface area contributed by atoms with Crippen LogP contribution in [-0.2, 0) is 4.79 Å². The van der Waals surface area contributed by atoms with E-state index in [0.717, 1.165) is 37.3 Å². The second-order valence-electron chi connectivity index (χ2n) is 7.73. The zero-order chi connectivity index (χ0) is 19.8. The summed E-state index contributed by atoms with van der Waals surface area (Å²) in [6.07, 6.45) is 2.22. The molecule has 1 aromatic carbocycles. The van der Waals surface area contributed by atoms with Crippen molar-refractivity contribution in [2.24, 2.45) is 0 Å².